The number of hydrogen-bond acceptors (Lipinski definition) is 0. The van der Waals surface area contributed by atoms with Gasteiger partial charge in [-0.1, -0.05) is 178 Å². The quantitative estimate of drug-likeness (QED) is 0.0940. The van der Waals surface area contributed by atoms with Crippen molar-refractivity contribution in [2.75, 3.05) is 0 Å². The molecule has 5 aromatic rings. The van der Waals surface area contributed by atoms with Gasteiger partial charge in [-0.2, -0.15) is 0 Å². The third-order valence-electron chi connectivity index (χ3n) is 5.82. The Morgan fingerprint density at radius 3 is 1.07 bits per heavy atom. The molecule has 0 heterocycles. The summed E-state index contributed by atoms with van der Waals surface area (Å²) in [7, 11) is -0.446. The van der Waals surface area contributed by atoms with Gasteiger partial charge < -0.3 is 0 Å². The Balaban J connectivity index is 0.000000330. The molecule has 0 bridgehead atoms. The predicted octanol–water partition coefficient (Wildman–Crippen LogP) is 11.0. The molecule has 0 aliphatic rings. The Kier molecular flexibility index (Phi) is 16.0. The first-order valence-corrected chi connectivity index (χ1v) is 20.9. The van der Waals surface area contributed by atoms with Crippen LogP contribution >= 0.6 is 7.92 Å². The minimum atomic E-state index is -11.2. The van der Waals surface area contributed by atoms with E-state index in [9.17, 15) is 16.9 Å². The monoisotopic (exact) mass is 837 g/mol. The maximum Gasteiger partial charge on any atom is 1.00 e. The fourth-order valence-corrected chi connectivity index (χ4v) is 6.02. The molecule has 0 N–H and O–H groups in total. The predicted molar refractivity (Wildman–Crippen MR) is 179 cm³/mol. The van der Waals surface area contributed by atoms with Gasteiger partial charge in [0, 0.05) is 0 Å². The molecule has 0 spiro atoms. The van der Waals surface area contributed by atoms with Crippen LogP contribution in [0, 0.1) is 6.92 Å². The van der Waals surface area contributed by atoms with Crippen LogP contribution in [0.1, 0.15) is 36.5 Å². The van der Waals surface area contributed by atoms with Crippen LogP contribution in [0.25, 0.3) is 6.08 Å². The molecule has 0 aliphatic heterocycles. The second-order valence-electron chi connectivity index (χ2n) is 9.98. The van der Waals surface area contributed by atoms with Crippen molar-refractivity contribution in [3.05, 3.63) is 169 Å². The van der Waals surface area contributed by atoms with Gasteiger partial charge in [-0.05, 0) is 47.8 Å². The van der Waals surface area contributed by atoms with Crippen molar-refractivity contribution in [2.45, 2.75) is 26.7 Å². The van der Waals surface area contributed by atoms with Crippen molar-refractivity contribution < 1.29 is 36.4 Å². The summed E-state index contributed by atoms with van der Waals surface area (Å²) in [6.45, 7) is 10.2. The first-order valence-electron chi connectivity index (χ1n) is 13.8. The SMILES string of the molecule is C=Cc1ccccc1.Cc1ccc(C(C)C)cc1.[F][Sb-]([F])([F])([F])([F])[F].[Ru+].c1ccc(P(c2ccccc2)c2ccccc2)cc1. The van der Waals surface area contributed by atoms with Crippen molar-refractivity contribution >= 4 is 49.4 Å². The average molecular weight is 837 g/mol. The minimum Gasteiger partial charge on any atom is -0.0622 e. The zero-order chi connectivity index (χ0) is 32.7. The smallest absolute Gasteiger partial charge is 0.0622 e. The van der Waals surface area contributed by atoms with Gasteiger partial charge in [0.1, 0.15) is 0 Å². The van der Waals surface area contributed by atoms with Crippen LogP contribution in [0.3, 0.4) is 0 Å². The molecule has 9 heteroatoms. The Morgan fingerprint density at radius 1 is 0.533 bits per heavy atom. The van der Waals surface area contributed by atoms with E-state index in [1.54, 1.807) is 0 Å². The van der Waals surface area contributed by atoms with Gasteiger partial charge in [-0.15, -0.1) is 0 Å². The molecule has 0 amide bonds. The van der Waals surface area contributed by atoms with Crippen molar-refractivity contribution in [3.63, 3.8) is 0 Å². The third kappa shape index (κ3) is 19.4. The van der Waals surface area contributed by atoms with Crippen LogP contribution in [0.4, 0.5) is 16.9 Å². The molecule has 0 aromatic heterocycles. The normalized spacial score (nSPS) is 11.9. The van der Waals surface area contributed by atoms with E-state index in [4.69, 9.17) is 0 Å². The van der Waals surface area contributed by atoms with Gasteiger partial charge >= 0.3 is 55.8 Å². The van der Waals surface area contributed by atoms with E-state index < -0.39 is 27.4 Å². The largest absolute Gasteiger partial charge is 1.00 e. The molecule has 0 atom stereocenters. The zero-order valence-corrected chi connectivity index (χ0v) is 30.4. The van der Waals surface area contributed by atoms with Crippen LogP contribution in [-0.2, 0) is 19.5 Å². The topological polar surface area (TPSA) is 0 Å². The van der Waals surface area contributed by atoms with Crippen LogP contribution in [0.2, 0.25) is 0 Å². The molecule has 45 heavy (non-hydrogen) atoms. The van der Waals surface area contributed by atoms with Gasteiger partial charge in [0.05, 0.1) is 0 Å². The molecular weight excluding hydrogens is 800 g/mol. The van der Waals surface area contributed by atoms with Gasteiger partial charge in [0.2, 0.25) is 0 Å². The summed E-state index contributed by atoms with van der Waals surface area (Å²) in [6, 6.07) is 51.1. The Morgan fingerprint density at radius 2 is 0.822 bits per heavy atom. The number of aryl methyl sites for hydroxylation is 1. The average Bonchev–Trinajstić information content (AvgIpc) is 2.99. The summed E-state index contributed by atoms with van der Waals surface area (Å²) in [6.07, 6.45) is 1.83. The van der Waals surface area contributed by atoms with E-state index in [1.165, 1.54) is 32.6 Å². The molecule has 0 saturated carbocycles. The molecule has 0 nitrogen and oxygen atoms in total. The first kappa shape index (κ1) is 40.3. The Bertz CT molecular complexity index is 1410. The van der Waals surface area contributed by atoms with Crippen LogP contribution < -0.4 is 15.9 Å². The van der Waals surface area contributed by atoms with Crippen molar-refractivity contribution in [3.8, 4) is 0 Å². The first-order chi connectivity index (χ1) is 20.5. The molecule has 5 aromatic carbocycles. The molecule has 0 fully saturated rings. The van der Waals surface area contributed by atoms with E-state index in [2.05, 4.69) is 143 Å². The van der Waals surface area contributed by atoms with Gasteiger partial charge in [0.15, 0.2) is 0 Å². The fraction of sp³-hybridized carbons (Fsp3) is 0.111. The summed E-state index contributed by atoms with van der Waals surface area (Å²) < 4.78 is 59.6. The molecule has 241 valence electrons. The maximum atomic E-state index is 9.93. The van der Waals surface area contributed by atoms with E-state index in [0.717, 1.165) is 0 Å². The maximum absolute atomic E-state index is 11.2. The fourth-order valence-electron chi connectivity index (χ4n) is 3.72. The third-order valence-corrected chi connectivity index (χ3v) is 8.27. The van der Waals surface area contributed by atoms with Crippen molar-refractivity contribution in [1.82, 2.24) is 0 Å². The molecule has 5 rings (SSSR count). The molecule has 0 aliphatic carbocycles. The van der Waals surface area contributed by atoms with Crippen LogP contribution in [0.5, 0.6) is 0 Å². The van der Waals surface area contributed by atoms with E-state index >= 15 is 0 Å². The molecule has 1 radical (unpaired) electrons. The Labute approximate surface area is 279 Å². The van der Waals surface area contributed by atoms with Crippen LogP contribution in [0.15, 0.2) is 152 Å². The van der Waals surface area contributed by atoms with Crippen molar-refractivity contribution in [1.29, 1.82) is 0 Å². The number of hydrogen-bond donors (Lipinski definition) is 0. The number of rotatable bonds is 5. The van der Waals surface area contributed by atoms with Gasteiger partial charge in [-0.25, -0.2) is 0 Å². The van der Waals surface area contributed by atoms with Gasteiger partial charge in [0.25, 0.3) is 0 Å². The zero-order valence-electron chi connectivity index (χ0n) is 25.2. The number of halogens is 6. The minimum absolute atomic E-state index is 0. The summed E-state index contributed by atoms with van der Waals surface area (Å²) in [5, 5.41) is 4.19. The summed E-state index contributed by atoms with van der Waals surface area (Å²) in [5.41, 5.74) is 3.93. The molecule has 0 unspecified atom stereocenters. The second-order valence-corrected chi connectivity index (χ2v) is 17.7. The molecule has 0 saturated heterocycles. The van der Waals surface area contributed by atoms with Crippen LogP contribution in [-0.4, -0.2) is 19.5 Å². The number of benzene rings is 5. The molecular formula is C36H37F6PRuSb. The van der Waals surface area contributed by atoms with E-state index in [0.29, 0.717) is 5.92 Å². The van der Waals surface area contributed by atoms with Crippen molar-refractivity contribution in [2.24, 2.45) is 0 Å². The summed E-state index contributed by atoms with van der Waals surface area (Å²) in [5.74, 6) is 0.653. The van der Waals surface area contributed by atoms with E-state index in [1.807, 2.05) is 36.4 Å². The second kappa shape index (κ2) is 17.8. The summed E-state index contributed by atoms with van der Waals surface area (Å²) >= 11 is -11.2. The Hall–Kier alpha value is -2.71. The van der Waals surface area contributed by atoms with E-state index in [-0.39, 0.29) is 19.5 Å². The summed E-state index contributed by atoms with van der Waals surface area (Å²) in [4.78, 5) is 0. The standard InChI is InChI=1S/C18H15P.C10H14.C8H8.6FH.Ru.Sb/c1-4-10-16(11-5-1)19(17-12-6-2-7-13-17)18-14-8-3-9-15-18;1-8(2)10-6-4-9(3)5-7-10;1-2-8-6-4-3-5-7-8;;;;;;;;/h1-15H;4-8H,1-3H3;2-7H,1H2;6*1H;;/q;;;;;;;;;+1;+5/p-6. The van der Waals surface area contributed by atoms with Gasteiger partial charge in [-0.3, -0.25) is 0 Å².